The largest absolute Gasteiger partial charge is 0.473 e. The predicted molar refractivity (Wildman–Crippen MR) is 82.5 cm³/mol. The quantitative estimate of drug-likeness (QED) is 0.848. The Hall–Kier alpha value is -2.56. The van der Waals surface area contributed by atoms with Gasteiger partial charge in [0.1, 0.15) is 11.6 Å². The van der Waals surface area contributed by atoms with Crippen molar-refractivity contribution in [1.82, 2.24) is 10.3 Å². The number of hydrogen-bond donors (Lipinski definition) is 2. The lowest BCUT2D eigenvalue weighted by atomic mass is 10.1. The number of rotatable bonds is 4. The number of anilines is 1. The molecule has 0 atom stereocenters. The molecule has 2 aromatic rings. The van der Waals surface area contributed by atoms with E-state index in [2.05, 4.69) is 15.6 Å². The Morgan fingerprint density at radius 2 is 2.05 bits per heavy atom. The standard InChI is InChI=1S/C16H19N3O2/c1-11-7-8-17-15(9-11)19-16(20)18-10-21-14-6-4-5-12(2)13(14)3/h4-9H,10H2,1-3H3,(H2,17,18,19,20). The predicted octanol–water partition coefficient (Wildman–Crippen LogP) is 3.16. The maximum absolute atomic E-state index is 11.7. The molecule has 5 nitrogen and oxygen atoms in total. The summed E-state index contributed by atoms with van der Waals surface area (Å²) in [5.41, 5.74) is 3.26. The van der Waals surface area contributed by atoms with E-state index >= 15 is 0 Å². The normalized spacial score (nSPS) is 10.0. The number of aryl methyl sites for hydroxylation is 2. The minimum Gasteiger partial charge on any atom is -0.473 e. The molecule has 1 heterocycles. The van der Waals surface area contributed by atoms with Gasteiger partial charge in [0.15, 0.2) is 6.73 Å². The van der Waals surface area contributed by atoms with E-state index in [-0.39, 0.29) is 12.8 Å². The van der Waals surface area contributed by atoms with Crippen LogP contribution in [-0.4, -0.2) is 17.7 Å². The average Bonchev–Trinajstić information content (AvgIpc) is 2.43. The molecule has 110 valence electrons. The molecule has 0 unspecified atom stereocenters. The Morgan fingerprint density at radius 1 is 1.24 bits per heavy atom. The zero-order valence-electron chi connectivity index (χ0n) is 12.4. The van der Waals surface area contributed by atoms with Gasteiger partial charge in [-0.2, -0.15) is 0 Å². The van der Waals surface area contributed by atoms with Crippen molar-refractivity contribution in [2.24, 2.45) is 0 Å². The van der Waals surface area contributed by atoms with Gasteiger partial charge in [-0.15, -0.1) is 0 Å². The summed E-state index contributed by atoms with van der Waals surface area (Å²) < 4.78 is 5.56. The van der Waals surface area contributed by atoms with Crippen molar-refractivity contribution in [3.8, 4) is 5.75 Å². The number of hydrogen-bond acceptors (Lipinski definition) is 3. The number of nitrogens with one attached hydrogen (secondary N) is 2. The molecule has 0 aliphatic rings. The Labute approximate surface area is 124 Å². The summed E-state index contributed by atoms with van der Waals surface area (Å²) in [6, 6.07) is 9.14. The van der Waals surface area contributed by atoms with Crippen molar-refractivity contribution in [2.45, 2.75) is 20.8 Å². The van der Waals surface area contributed by atoms with Gasteiger partial charge in [-0.05, 0) is 55.7 Å². The Balaban J connectivity index is 1.83. The van der Waals surface area contributed by atoms with Crippen molar-refractivity contribution in [1.29, 1.82) is 0 Å². The summed E-state index contributed by atoms with van der Waals surface area (Å²) in [6.07, 6.45) is 1.65. The van der Waals surface area contributed by atoms with Gasteiger partial charge in [0.25, 0.3) is 0 Å². The Kier molecular flexibility index (Phi) is 4.77. The Bertz CT molecular complexity index is 641. The van der Waals surface area contributed by atoms with E-state index in [0.29, 0.717) is 5.82 Å². The molecule has 0 radical (unpaired) electrons. The highest BCUT2D eigenvalue weighted by molar-refractivity contribution is 5.88. The zero-order valence-corrected chi connectivity index (χ0v) is 12.4. The van der Waals surface area contributed by atoms with E-state index in [9.17, 15) is 4.79 Å². The molecule has 0 spiro atoms. The molecular weight excluding hydrogens is 266 g/mol. The second-order valence-corrected chi connectivity index (χ2v) is 4.84. The van der Waals surface area contributed by atoms with Gasteiger partial charge in [0, 0.05) is 6.20 Å². The second kappa shape index (κ2) is 6.74. The van der Waals surface area contributed by atoms with Crippen LogP contribution in [0.2, 0.25) is 0 Å². The third-order valence-electron chi connectivity index (χ3n) is 3.17. The minimum absolute atomic E-state index is 0.0991. The number of nitrogens with zero attached hydrogens (tertiary/aromatic N) is 1. The van der Waals surface area contributed by atoms with Gasteiger partial charge >= 0.3 is 6.03 Å². The molecule has 0 bridgehead atoms. The zero-order chi connectivity index (χ0) is 15.2. The summed E-state index contributed by atoms with van der Waals surface area (Å²) >= 11 is 0. The van der Waals surface area contributed by atoms with Crippen LogP contribution in [0.5, 0.6) is 5.75 Å². The van der Waals surface area contributed by atoms with E-state index < -0.39 is 0 Å². The summed E-state index contributed by atoms with van der Waals surface area (Å²) in [5.74, 6) is 1.28. The molecule has 0 saturated heterocycles. The number of urea groups is 1. The highest BCUT2D eigenvalue weighted by atomic mass is 16.5. The van der Waals surface area contributed by atoms with Gasteiger partial charge in [0.2, 0.25) is 0 Å². The third-order valence-corrected chi connectivity index (χ3v) is 3.17. The lowest BCUT2D eigenvalue weighted by Gasteiger charge is -2.12. The molecule has 5 heteroatoms. The Morgan fingerprint density at radius 3 is 2.81 bits per heavy atom. The van der Waals surface area contributed by atoms with Crippen LogP contribution in [0.1, 0.15) is 16.7 Å². The molecule has 1 aromatic carbocycles. The summed E-state index contributed by atoms with van der Waals surface area (Å²) in [7, 11) is 0. The number of aromatic nitrogens is 1. The van der Waals surface area contributed by atoms with Crippen molar-refractivity contribution in [3.63, 3.8) is 0 Å². The molecule has 0 aliphatic carbocycles. The van der Waals surface area contributed by atoms with E-state index in [4.69, 9.17) is 4.74 Å². The van der Waals surface area contributed by atoms with Crippen LogP contribution in [0.25, 0.3) is 0 Å². The highest BCUT2D eigenvalue weighted by Crippen LogP contribution is 2.19. The van der Waals surface area contributed by atoms with Crippen molar-refractivity contribution in [2.75, 3.05) is 12.0 Å². The molecule has 0 saturated carbocycles. The fraction of sp³-hybridized carbons (Fsp3) is 0.250. The van der Waals surface area contributed by atoms with Gasteiger partial charge in [-0.3, -0.25) is 5.32 Å². The second-order valence-electron chi connectivity index (χ2n) is 4.84. The number of carbonyl (C=O) groups excluding carboxylic acids is 1. The van der Waals surface area contributed by atoms with Gasteiger partial charge < -0.3 is 10.1 Å². The first-order chi connectivity index (χ1) is 10.1. The number of ether oxygens (including phenoxy) is 1. The van der Waals surface area contributed by atoms with E-state index in [1.165, 1.54) is 0 Å². The summed E-state index contributed by atoms with van der Waals surface area (Å²) in [6.45, 7) is 6.05. The third kappa shape index (κ3) is 4.21. The van der Waals surface area contributed by atoms with Crippen molar-refractivity contribution in [3.05, 3.63) is 53.2 Å². The number of benzene rings is 1. The fourth-order valence-electron chi connectivity index (χ4n) is 1.82. The smallest absolute Gasteiger partial charge is 0.323 e. The SMILES string of the molecule is Cc1ccnc(NC(=O)NCOc2cccc(C)c2C)c1. The fourth-order valence-corrected chi connectivity index (χ4v) is 1.82. The van der Waals surface area contributed by atoms with Crippen LogP contribution in [0.4, 0.5) is 10.6 Å². The first kappa shape index (κ1) is 14.8. The molecule has 0 aliphatic heterocycles. The maximum Gasteiger partial charge on any atom is 0.323 e. The summed E-state index contributed by atoms with van der Waals surface area (Å²) in [4.78, 5) is 15.8. The van der Waals surface area contributed by atoms with Crippen LogP contribution >= 0.6 is 0 Å². The van der Waals surface area contributed by atoms with E-state index in [1.54, 1.807) is 12.3 Å². The lowest BCUT2D eigenvalue weighted by molar-refractivity contribution is 0.234. The monoisotopic (exact) mass is 285 g/mol. The molecule has 2 N–H and O–H groups in total. The average molecular weight is 285 g/mol. The molecular formula is C16H19N3O2. The lowest BCUT2D eigenvalue weighted by Crippen LogP contribution is -2.32. The van der Waals surface area contributed by atoms with Crippen LogP contribution in [0.3, 0.4) is 0 Å². The van der Waals surface area contributed by atoms with Gasteiger partial charge in [-0.25, -0.2) is 9.78 Å². The number of carbonyl (C=O) groups is 1. The topological polar surface area (TPSA) is 63.2 Å². The van der Waals surface area contributed by atoms with Crippen LogP contribution < -0.4 is 15.4 Å². The van der Waals surface area contributed by atoms with Gasteiger partial charge in [-0.1, -0.05) is 12.1 Å². The number of amides is 2. The molecule has 0 fully saturated rings. The van der Waals surface area contributed by atoms with Crippen molar-refractivity contribution >= 4 is 11.8 Å². The highest BCUT2D eigenvalue weighted by Gasteiger charge is 2.04. The van der Waals surface area contributed by atoms with Crippen molar-refractivity contribution < 1.29 is 9.53 Å². The van der Waals surface area contributed by atoms with Gasteiger partial charge in [0.05, 0.1) is 0 Å². The number of pyridine rings is 1. The van der Waals surface area contributed by atoms with Crippen LogP contribution in [0.15, 0.2) is 36.5 Å². The molecule has 2 rings (SSSR count). The first-order valence-electron chi connectivity index (χ1n) is 6.73. The summed E-state index contributed by atoms with van der Waals surface area (Å²) in [5, 5.41) is 5.29. The maximum atomic E-state index is 11.7. The van der Waals surface area contributed by atoms with E-state index in [0.717, 1.165) is 22.4 Å². The molecule has 1 aromatic heterocycles. The molecule has 21 heavy (non-hydrogen) atoms. The molecule has 2 amide bonds. The van der Waals surface area contributed by atoms with Crippen LogP contribution in [0, 0.1) is 20.8 Å². The first-order valence-corrected chi connectivity index (χ1v) is 6.73. The van der Waals surface area contributed by atoms with Crippen LogP contribution in [-0.2, 0) is 0 Å². The van der Waals surface area contributed by atoms with E-state index in [1.807, 2.05) is 45.0 Å². The minimum atomic E-state index is -0.349.